The molecular weight excluding hydrogens is 200 g/mol. The molecule has 1 aromatic rings. The lowest BCUT2D eigenvalue weighted by Crippen LogP contribution is -2.24. The van der Waals surface area contributed by atoms with E-state index in [1.807, 2.05) is 31.3 Å². The second kappa shape index (κ2) is 6.18. The van der Waals surface area contributed by atoms with Gasteiger partial charge < -0.3 is 15.0 Å². The van der Waals surface area contributed by atoms with E-state index >= 15 is 0 Å². The van der Waals surface area contributed by atoms with E-state index in [4.69, 9.17) is 4.74 Å². The molecule has 0 saturated carbocycles. The third kappa shape index (κ3) is 3.59. The standard InChI is InChI=1S/C13H20N2O/c1-11(9-14-2)10-15(3)12-5-7-13(16-4)8-6-12/h5-8,14H,1,9-10H2,2-4H3. The summed E-state index contributed by atoms with van der Waals surface area (Å²) >= 11 is 0. The average Bonchev–Trinajstić information content (AvgIpc) is 2.29. The van der Waals surface area contributed by atoms with E-state index in [1.54, 1.807) is 7.11 Å². The van der Waals surface area contributed by atoms with Gasteiger partial charge in [-0.25, -0.2) is 0 Å². The predicted molar refractivity (Wildman–Crippen MR) is 69.3 cm³/mol. The first kappa shape index (κ1) is 12.6. The molecule has 0 atom stereocenters. The highest BCUT2D eigenvalue weighted by molar-refractivity contribution is 5.49. The maximum absolute atomic E-state index is 5.12. The van der Waals surface area contributed by atoms with Crippen molar-refractivity contribution in [1.82, 2.24) is 5.32 Å². The number of methoxy groups -OCH3 is 1. The number of ether oxygens (including phenoxy) is 1. The summed E-state index contributed by atoms with van der Waals surface area (Å²) in [6, 6.07) is 8.02. The highest BCUT2D eigenvalue weighted by atomic mass is 16.5. The molecule has 3 heteroatoms. The van der Waals surface area contributed by atoms with E-state index < -0.39 is 0 Å². The largest absolute Gasteiger partial charge is 0.497 e. The number of nitrogens with one attached hydrogen (secondary N) is 1. The Labute approximate surface area is 97.7 Å². The first-order valence-corrected chi connectivity index (χ1v) is 5.34. The molecule has 1 N–H and O–H groups in total. The highest BCUT2D eigenvalue weighted by Crippen LogP contribution is 2.18. The van der Waals surface area contributed by atoms with Crippen LogP contribution in [0.2, 0.25) is 0 Å². The van der Waals surface area contributed by atoms with Crippen molar-refractivity contribution >= 4 is 5.69 Å². The fourth-order valence-electron chi connectivity index (χ4n) is 1.57. The summed E-state index contributed by atoms with van der Waals surface area (Å²) in [6.45, 7) is 5.72. The molecule has 0 bridgehead atoms. The Kier molecular flexibility index (Phi) is 4.86. The molecule has 0 spiro atoms. The summed E-state index contributed by atoms with van der Waals surface area (Å²) in [5.74, 6) is 0.881. The van der Waals surface area contributed by atoms with E-state index in [-0.39, 0.29) is 0 Å². The van der Waals surface area contributed by atoms with Crippen LogP contribution in [0, 0.1) is 0 Å². The lowest BCUT2D eigenvalue weighted by atomic mass is 10.2. The zero-order valence-electron chi connectivity index (χ0n) is 10.3. The molecule has 0 aliphatic carbocycles. The van der Waals surface area contributed by atoms with Gasteiger partial charge in [-0.05, 0) is 36.9 Å². The first-order chi connectivity index (χ1) is 7.67. The Morgan fingerprint density at radius 2 is 2.00 bits per heavy atom. The van der Waals surface area contributed by atoms with E-state index in [2.05, 4.69) is 23.8 Å². The van der Waals surface area contributed by atoms with Gasteiger partial charge in [0.25, 0.3) is 0 Å². The topological polar surface area (TPSA) is 24.5 Å². The van der Waals surface area contributed by atoms with Gasteiger partial charge in [-0.2, -0.15) is 0 Å². The SMILES string of the molecule is C=C(CNC)CN(C)c1ccc(OC)cc1. The molecule has 16 heavy (non-hydrogen) atoms. The maximum Gasteiger partial charge on any atom is 0.119 e. The number of likely N-dealkylation sites (N-methyl/N-ethyl adjacent to an activating group) is 2. The Balaban J connectivity index is 2.58. The molecule has 0 unspecified atom stereocenters. The molecule has 88 valence electrons. The van der Waals surface area contributed by atoms with Crippen LogP contribution in [0.3, 0.4) is 0 Å². The van der Waals surface area contributed by atoms with Gasteiger partial charge in [0.15, 0.2) is 0 Å². The molecule has 0 aliphatic heterocycles. The summed E-state index contributed by atoms with van der Waals surface area (Å²) < 4.78 is 5.12. The van der Waals surface area contributed by atoms with Crippen molar-refractivity contribution in [1.29, 1.82) is 0 Å². The quantitative estimate of drug-likeness (QED) is 0.741. The molecule has 0 fully saturated rings. The average molecular weight is 220 g/mol. The number of hydrogen-bond acceptors (Lipinski definition) is 3. The molecule has 3 nitrogen and oxygen atoms in total. The van der Waals surface area contributed by atoms with Crippen LogP contribution in [-0.2, 0) is 0 Å². The molecule has 1 aromatic carbocycles. The van der Waals surface area contributed by atoms with Crippen LogP contribution in [0.25, 0.3) is 0 Å². The normalized spacial score (nSPS) is 9.94. The van der Waals surface area contributed by atoms with Crippen molar-refractivity contribution < 1.29 is 4.74 Å². The number of nitrogens with zero attached hydrogens (tertiary/aromatic N) is 1. The van der Waals surface area contributed by atoms with Gasteiger partial charge in [-0.3, -0.25) is 0 Å². The molecule has 0 aliphatic rings. The van der Waals surface area contributed by atoms with Crippen molar-refractivity contribution in [3.63, 3.8) is 0 Å². The van der Waals surface area contributed by atoms with E-state index in [0.29, 0.717) is 0 Å². The van der Waals surface area contributed by atoms with Gasteiger partial charge in [0.1, 0.15) is 5.75 Å². The lowest BCUT2D eigenvalue weighted by Gasteiger charge is -2.20. The van der Waals surface area contributed by atoms with Crippen LogP contribution in [0.1, 0.15) is 0 Å². The third-order valence-corrected chi connectivity index (χ3v) is 2.40. The Morgan fingerprint density at radius 1 is 1.38 bits per heavy atom. The smallest absolute Gasteiger partial charge is 0.119 e. The second-order valence-corrected chi connectivity index (χ2v) is 3.83. The number of hydrogen-bond donors (Lipinski definition) is 1. The van der Waals surface area contributed by atoms with Crippen LogP contribution < -0.4 is 15.0 Å². The monoisotopic (exact) mass is 220 g/mol. The van der Waals surface area contributed by atoms with Crippen LogP contribution in [0.15, 0.2) is 36.4 Å². The van der Waals surface area contributed by atoms with E-state index in [1.165, 1.54) is 5.57 Å². The molecule has 0 amide bonds. The Hall–Kier alpha value is -1.48. The minimum Gasteiger partial charge on any atom is -0.497 e. The summed E-state index contributed by atoms with van der Waals surface area (Å²) in [6.07, 6.45) is 0. The van der Waals surface area contributed by atoms with Crippen molar-refractivity contribution in [3.05, 3.63) is 36.4 Å². The summed E-state index contributed by atoms with van der Waals surface area (Å²) in [4.78, 5) is 2.17. The second-order valence-electron chi connectivity index (χ2n) is 3.83. The minimum absolute atomic E-state index is 0.848. The molecule has 1 rings (SSSR count). The minimum atomic E-state index is 0.848. The van der Waals surface area contributed by atoms with Gasteiger partial charge in [0.2, 0.25) is 0 Å². The van der Waals surface area contributed by atoms with Crippen LogP contribution in [-0.4, -0.2) is 34.3 Å². The summed E-state index contributed by atoms with van der Waals surface area (Å²) in [5.41, 5.74) is 2.33. The van der Waals surface area contributed by atoms with E-state index in [0.717, 1.165) is 24.5 Å². The van der Waals surface area contributed by atoms with Gasteiger partial charge in [0, 0.05) is 25.8 Å². The van der Waals surface area contributed by atoms with E-state index in [9.17, 15) is 0 Å². The fourth-order valence-corrected chi connectivity index (χ4v) is 1.57. The Bertz CT molecular complexity index is 332. The van der Waals surface area contributed by atoms with Gasteiger partial charge >= 0.3 is 0 Å². The lowest BCUT2D eigenvalue weighted by molar-refractivity contribution is 0.415. The highest BCUT2D eigenvalue weighted by Gasteiger charge is 2.02. The van der Waals surface area contributed by atoms with Crippen molar-refractivity contribution in [2.24, 2.45) is 0 Å². The van der Waals surface area contributed by atoms with Crippen molar-refractivity contribution in [3.8, 4) is 5.75 Å². The van der Waals surface area contributed by atoms with Crippen LogP contribution in [0.4, 0.5) is 5.69 Å². The van der Waals surface area contributed by atoms with Crippen LogP contribution in [0.5, 0.6) is 5.75 Å². The summed E-state index contributed by atoms with van der Waals surface area (Å²) in [5, 5.41) is 3.10. The first-order valence-electron chi connectivity index (χ1n) is 5.34. The molecule has 0 heterocycles. The Morgan fingerprint density at radius 3 is 2.50 bits per heavy atom. The van der Waals surface area contributed by atoms with Crippen LogP contribution >= 0.6 is 0 Å². The number of benzene rings is 1. The maximum atomic E-state index is 5.12. The van der Waals surface area contributed by atoms with Gasteiger partial charge in [0.05, 0.1) is 7.11 Å². The summed E-state index contributed by atoms with van der Waals surface area (Å²) in [7, 11) is 5.66. The molecular formula is C13H20N2O. The van der Waals surface area contributed by atoms with Gasteiger partial charge in [-0.15, -0.1) is 0 Å². The van der Waals surface area contributed by atoms with Crippen molar-refractivity contribution in [2.75, 3.05) is 39.2 Å². The number of rotatable bonds is 6. The molecule has 0 radical (unpaired) electrons. The predicted octanol–water partition coefficient (Wildman–Crippen LogP) is 1.91. The number of anilines is 1. The third-order valence-electron chi connectivity index (χ3n) is 2.40. The van der Waals surface area contributed by atoms with Gasteiger partial charge in [-0.1, -0.05) is 6.58 Å². The van der Waals surface area contributed by atoms with Crippen molar-refractivity contribution in [2.45, 2.75) is 0 Å². The molecule has 0 aromatic heterocycles. The zero-order chi connectivity index (χ0) is 12.0. The molecule has 0 saturated heterocycles. The zero-order valence-corrected chi connectivity index (χ0v) is 10.3. The fraction of sp³-hybridized carbons (Fsp3) is 0.385.